The van der Waals surface area contributed by atoms with Gasteiger partial charge < -0.3 is 14.3 Å². The maximum atomic E-state index is 6.97. The Bertz CT molecular complexity index is 2770. The Morgan fingerprint density at radius 3 is 1.77 bits per heavy atom. The number of allylic oxidation sites excluding steroid dienone is 2. The Balaban J connectivity index is 1.11. The molecule has 3 heteroatoms. The van der Waals surface area contributed by atoms with Crippen LogP contribution in [0.1, 0.15) is 22.7 Å². The fourth-order valence-corrected chi connectivity index (χ4v) is 7.81. The van der Waals surface area contributed by atoms with Gasteiger partial charge in [-0.1, -0.05) is 152 Å². The summed E-state index contributed by atoms with van der Waals surface area (Å²) < 4.78 is 9.34. The summed E-state index contributed by atoms with van der Waals surface area (Å²) in [5.74, 6) is 0.891. The van der Waals surface area contributed by atoms with Crippen LogP contribution in [0.2, 0.25) is 0 Å². The first-order valence-electron chi connectivity index (χ1n) is 17.8. The van der Waals surface area contributed by atoms with Crippen LogP contribution in [0.3, 0.4) is 0 Å². The fourth-order valence-electron chi connectivity index (χ4n) is 7.81. The standard InChI is InChI=1S/C49H34N2O/c1-5-15-33(16-6-1)38-31-42(34-17-7-2-8-18-34)50-43(32-38)35-25-27-39(28-26-35)51-44-24-14-13-23-40(44)47-45(51)30-29-41-46(36-19-9-3-10-20-36)48(52-49(41)47)37-21-11-4-12-22-37/h1-32,43,50H. The summed E-state index contributed by atoms with van der Waals surface area (Å²) in [6, 6.07) is 64.4. The molecule has 0 spiro atoms. The topological polar surface area (TPSA) is 30.1 Å². The highest BCUT2D eigenvalue weighted by molar-refractivity contribution is 6.22. The third-order valence-corrected chi connectivity index (χ3v) is 10.2. The second kappa shape index (κ2) is 12.5. The van der Waals surface area contributed by atoms with E-state index in [2.05, 4.69) is 198 Å². The lowest BCUT2D eigenvalue weighted by Gasteiger charge is -2.26. The second-order valence-corrected chi connectivity index (χ2v) is 13.4. The number of para-hydroxylation sites is 1. The lowest BCUT2D eigenvalue weighted by molar-refractivity contribution is 0.636. The van der Waals surface area contributed by atoms with E-state index in [0.29, 0.717) is 0 Å². The molecule has 1 aliphatic heterocycles. The zero-order valence-electron chi connectivity index (χ0n) is 28.4. The van der Waals surface area contributed by atoms with Crippen LogP contribution >= 0.6 is 0 Å². The van der Waals surface area contributed by atoms with Gasteiger partial charge >= 0.3 is 0 Å². The Hall–Kier alpha value is -6.84. The minimum atomic E-state index is 0.0122. The molecule has 0 radical (unpaired) electrons. The number of hydrogen-bond donors (Lipinski definition) is 1. The lowest BCUT2D eigenvalue weighted by Crippen LogP contribution is -2.21. The van der Waals surface area contributed by atoms with E-state index < -0.39 is 0 Å². The van der Waals surface area contributed by atoms with E-state index >= 15 is 0 Å². The van der Waals surface area contributed by atoms with Gasteiger partial charge in [-0.3, -0.25) is 0 Å². The van der Waals surface area contributed by atoms with E-state index in [-0.39, 0.29) is 6.04 Å². The van der Waals surface area contributed by atoms with Crippen molar-refractivity contribution in [2.45, 2.75) is 6.04 Å². The van der Waals surface area contributed by atoms with Crippen molar-refractivity contribution in [1.29, 1.82) is 0 Å². The fraction of sp³-hybridized carbons (Fsp3) is 0.0204. The molecule has 3 heterocycles. The van der Waals surface area contributed by atoms with Crippen LogP contribution < -0.4 is 5.32 Å². The van der Waals surface area contributed by atoms with E-state index in [4.69, 9.17) is 4.42 Å². The first-order valence-corrected chi connectivity index (χ1v) is 17.8. The van der Waals surface area contributed by atoms with E-state index in [0.717, 1.165) is 61.2 Å². The van der Waals surface area contributed by atoms with Gasteiger partial charge in [-0.15, -0.1) is 0 Å². The minimum Gasteiger partial charge on any atom is -0.455 e. The average Bonchev–Trinajstić information content (AvgIpc) is 3.78. The number of nitrogens with zero attached hydrogens (tertiary/aromatic N) is 1. The predicted octanol–water partition coefficient (Wildman–Crippen LogP) is 12.6. The molecule has 1 N–H and O–H groups in total. The third-order valence-electron chi connectivity index (χ3n) is 10.2. The van der Waals surface area contributed by atoms with Crippen LogP contribution in [0.5, 0.6) is 0 Å². The van der Waals surface area contributed by atoms with Gasteiger partial charge in [0.25, 0.3) is 0 Å². The summed E-state index contributed by atoms with van der Waals surface area (Å²) in [6.07, 6.45) is 4.59. The molecule has 10 rings (SSSR count). The van der Waals surface area contributed by atoms with Crippen molar-refractivity contribution in [3.8, 4) is 28.1 Å². The molecule has 7 aromatic carbocycles. The maximum Gasteiger partial charge on any atom is 0.145 e. The smallest absolute Gasteiger partial charge is 0.145 e. The number of rotatable bonds is 6. The average molecular weight is 667 g/mol. The largest absolute Gasteiger partial charge is 0.455 e. The molecule has 3 nitrogen and oxygen atoms in total. The molecule has 0 bridgehead atoms. The van der Waals surface area contributed by atoms with Gasteiger partial charge in [0.05, 0.1) is 22.5 Å². The number of furan rings is 1. The van der Waals surface area contributed by atoms with Crippen molar-refractivity contribution in [3.05, 3.63) is 211 Å². The molecular formula is C49H34N2O. The lowest BCUT2D eigenvalue weighted by atomic mass is 9.93. The summed E-state index contributed by atoms with van der Waals surface area (Å²) >= 11 is 0. The molecule has 1 aliphatic rings. The summed E-state index contributed by atoms with van der Waals surface area (Å²) in [5, 5.41) is 7.23. The first-order chi connectivity index (χ1) is 25.8. The highest BCUT2D eigenvalue weighted by atomic mass is 16.3. The van der Waals surface area contributed by atoms with Gasteiger partial charge in [-0.05, 0) is 70.3 Å². The monoisotopic (exact) mass is 666 g/mol. The van der Waals surface area contributed by atoms with Gasteiger partial charge in [0.1, 0.15) is 11.3 Å². The predicted molar refractivity (Wildman–Crippen MR) is 216 cm³/mol. The molecule has 2 aromatic heterocycles. The van der Waals surface area contributed by atoms with Crippen molar-refractivity contribution in [1.82, 2.24) is 9.88 Å². The zero-order valence-corrected chi connectivity index (χ0v) is 28.4. The maximum absolute atomic E-state index is 6.97. The van der Waals surface area contributed by atoms with Crippen LogP contribution in [0.4, 0.5) is 0 Å². The molecule has 0 aliphatic carbocycles. The number of nitrogens with one attached hydrogen (secondary N) is 1. The molecule has 1 atom stereocenters. The van der Waals surface area contributed by atoms with Crippen molar-refractivity contribution < 1.29 is 4.42 Å². The van der Waals surface area contributed by atoms with Crippen molar-refractivity contribution in [2.75, 3.05) is 0 Å². The van der Waals surface area contributed by atoms with Crippen molar-refractivity contribution in [2.24, 2.45) is 0 Å². The quantitative estimate of drug-likeness (QED) is 0.191. The Morgan fingerprint density at radius 1 is 0.481 bits per heavy atom. The van der Waals surface area contributed by atoms with Gasteiger partial charge in [0.2, 0.25) is 0 Å². The Morgan fingerprint density at radius 2 is 1.08 bits per heavy atom. The number of hydrogen-bond acceptors (Lipinski definition) is 2. The molecule has 9 aromatic rings. The molecule has 0 amide bonds. The van der Waals surface area contributed by atoms with E-state index in [1.165, 1.54) is 27.6 Å². The highest BCUT2D eigenvalue weighted by Crippen LogP contribution is 2.46. The normalized spacial score (nSPS) is 14.3. The second-order valence-electron chi connectivity index (χ2n) is 13.4. The number of aromatic nitrogens is 1. The zero-order chi connectivity index (χ0) is 34.4. The minimum absolute atomic E-state index is 0.0122. The molecular weight excluding hydrogens is 633 g/mol. The number of dihydropyridines is 1. The van der Waals surface area contributed by atoms with Gasteiger partial charge in [-0.2, -0.15) is 0 Å². The van der Waals surface area contributed by atoms with Gasteiger partial charge in [0.15, 0.2) is 0 Å². The molecule has 0 saturated heterocycles. The molecule has 52 heavy (non-hydrogen) atoms. The third kappa shape index (κ3) is 5.06. The summed E-state index contributed by atoms with van der Waals surface area (Å²) in [4.78, 5) is 0. The molecule has 1 unspecified atom stereocenters. The summed E-state index contributed by atoms with van der Waals surface area (Å²) in [6.45, 7) is 0. The summed E-state index contributed by atoms with van der Waals surface area (Å²) in [7, 11) is 0. The van der Waals surface area contributed by atoms with Crippen LogP contribution in [0.25, 0.3) is 72.2 Å². The van der Waals surface area contributed by atoms with Crippen LogP contribution in [0.15, 0.2) is 199 Å². The highest BCUT2D eigenvalue weighted by Gasteiger charge is 2.24. The van der Waals surface area contributed by atoms with Crippen LogP contribution in [-0.4, -0.2) is 4.57 Å². The van der Waals surface area contributed by atoms with Gasteiger partial charge in [0, 0.05) is 33.3 Å². The number of fused-ring (bicyclic) bond motifs is 5. The molecule has 0 fully saturated rings. The van der Waals surface area contributed by atoms with E-state index in [1.807, 2.05) is 6.07 Å². The first kappa shape index (κ1) is 30.0. The van der Waals surface area contributed by atoms with E-state index in [1.54, 1.807) is 0 Å². The van der Waals surface area contributed by atoms with Crippen LogP contribution in [0, 0.1) is 0 Å². The van der Waals surface area contributed by atoms with Crippen molar-refractivity contribution in [3.63, 3.8) is 0 Å². The molecule has 0 saturated carbocycles. The van der Waals surface area contributed by atoms with Crippen molar-refractivity contribution >= 4 is 44.0 Å². The van der Waals surface area contributed by atoms with Gasteiger partial charge in [-0.25, -0.2) is 0 Å². The Kier molecular flexibility index (Phi) is 7.21. The number of benzene rings is 7. The SMILES string of the molecule is C1=C(c2ccccc2)C=C(c2ccccc2)NC1c1ccc(-n2c3ccccc3c3c4oc(-c5ccccc5)c(-c5ccccc5)c4ccc32)cc1. The van der Waals surface area contributed by atoms with Crippen LogP contribution in [-0.2, 0) is 0 Å². The van der Waals surface area contributed by atoms with E-state index in [9.17, 15) is 0 Å². The molecule has 246 valence electrons. The Labute approximate surface area is 302 Å². The summed E-state index contributed by atoms with van der Waals surface area (Å²) in [5.41, 5.74) is 13.5.